The Morgan fingerprint density at radius 2 is 1.55 bits per heavy atom. The molecule has 2 rings (SSSR count). The monoisotopic (exact) mass is 320 g/mol. The Bertz CT molecular complexity index is 705. The number of para-hydroxylation sites is 1. The number of hydrogen-bond donors (Lipinski definition) is 1. The Morgan fingerprint density at radius 1 is 1.00 bits per heavy atom. The first-order chi connectivity index (χ1) is 10.5. The van der Waals surface area contributed by atoms with E-state index in [4.69, 9.17) is 4.55 Å². The average Bonchev–Trinajstić information content (AvgIpc) is 2.51. The minimum Gasteiger partial charge on any atom is -0.342 e. The Kier molecular flexibility index (Phi) is 5.24. The largest absolute Gasteiger partial charge is 0.342 e. The quantitative estimate of drug-likeness (QED) is 0.626. The topological polar surface area (TPSA) is 87.0 Å². The van der Waals surface area contributed by atoms with Crippen LogP contribution in [0.25, 0.3) is 0 Å². The summed E-state index contributed by atoms with van der Waals surface area (Å²) in [5.41, 5.74) is 1.55. The summed E-state index contributed by atoms with van der Waals surface area (Å²) in [4.78, 5) is 12.7. The normalized spacial score (nSPS) is 12.6. The molecule has 0 amide bonds. The van der Waals surface area contributed by atoms with Gasteiger partial charge in [-0.25, -0.2) is 0 Å². The molecule has 22 heavy (non-hydrogen) atoms. The second-order valence-electron chi connectivity index (χ2n) is 4.78. The number of nitroso groups, excluding NO2 is 1. The van der Waals surface area contributed by atoms with E-state index in [1.807, 2.05) is 36.4 Å². The number of benzene rings is 2. The zero-order chi connectivity index (χ0) is 16.0. The molecule has 7 heteroatoms. The van der Waals surface area contributed by atoms with Crippen LogP contribution in [0.3, 0.4) is 0 Å². The van der Waals surface area contributed by atoms with Gasteiger partial charge in [-0.3, -0.25) is 4.55 Å². The van der Waals surface area contributed by atoms with Gasteiger partial charge in [-0.05, 0) is 22.9 Å². The summed E-state index contributed by atoms with van der Waals surface area (Å²) in [6.07, 6.45) is -1.21. The molecule has 1 N–H and O–H groups in total. The third kappa shape index (κ3) is 4.64. The molecule has 1 unspecified atom stereocenters. The Hall–Kier alpha value is -2.25. The third-order valence-corrected chi connectivity index (χ3v) is 3.84. The van der Waals surface area contributed by atoms with Crippen LogP contribution in [0.4, 0.5) is 5.69 Å². The van der Waals surface area contributed by atoms with Gasteiger partial charge in [-0.15, -0.1) is 4.91 Å². The zero-order valence-corrected chi connectivity index (χ0v) is 12.6. The van der Waals surface area contributed by atoms with Gasteiger partial charge in [-0.1, -0.05) is 48.5 Å². The number of anilines is 1. The van der Waals surface area contributed by atoms with E-state index in [0.29, 0.717) is 12.2 Å². The van der Waals surface area contributed by atoms with Gasteiger partial charge in [0.15, 0.2) is 6.17 Å². The molecule has 0 bridgehead atoms. The van der Waals surface area contributed by atoms with E-state index in [-0.39, 0.29) is 0 Å². The van der Waals surface area contributed by atoms with Gasteiger partial charge in [0.05, 0.1) is 0 Å². The Labute approximate surface area is 129 Å². The van der Waals surface area contributed by atoms with Crippen molar-refractivity contribution >= 4 is 15.8 Å². The lowest BCUT2D eigenvalue weighted by atomic mass is 10.2. The first kappa shape index (κ1) is 16.1. The van der Waals surface area contributed by atoms with Crippen LogP contribution in [0.2, 0.25) is 0 Å². The zero-order valence-electron chi connectivity index (χ0n) is 11.7. The SMILES string of the molecule is O=NC(CS(=O)(=O)O)N(Cc1ccccc1)c1ccccc1. The number of rotatable bonds is 7. The smallest absolute Gasteiger partial charge is 0.268 e. The highest BCUT2D eigenvalue weighted by Gasteiger charge is 2.25. The second-order valence-corrected chi connectivity index (χ2v) is 6.28. The van der Waals surface area contributed by atoms with Crippen molar-refractivity contribution in [2.45, 2.75) is 12.7 Å². The van der Waals surface area contributed by atoms with Crippen LogP contribution in [0.15, 0.2) is 65.8 Å². The average molecular weight is 320 g/mol. The molecule has 1 atom stereocenters. The highest BCUT2D eigenvalue weighted by molar-refractivity contribution is 7.85. The molecule has 0 saturated heterocycles. The standard InChI is InChI=1S/C15H16N2O4S/c18-16-15(12-22(19,20)21)17(14-9-5-2-6-10-14)11-13-7-3-1-4-8-13/h1-10,15H,11-12H2,(H,19,20,21). The van der Waals surface area contributed by atoms with Crippen molar-refractivity contribution in [2.24, 2.45) is 5.18 Å². The predicted molar refractivity (Wildman–Crippen MR) is 85.1 cm³/mol. The van der Waals surface area contributed by atoms with Crippen molar-refractivity contribution in [1.82, 2.24) is 0 Å². The maximum absolute atomic E-state index is 11.1. The molecular weight excluding hydrogens is 304 g/mol. The summed E-state index contributed by atoms with van der Waals surface area (Å²) in [6.45, 7) is 0.302. The summed E-state index contributed by atoms with van der Waals surface area (Å²) in [5.74, 6) is -0.752. The van der Waals surface area contributed by atoms with Crippen LogP contribution in [-0.2, 0) is 16.7 Å². The molecule has 116 valence electrons. The summed E-state index contributed by atoms with van der Waals surface area (Å²) < 4.78 is 31.3. The summed E-state index contributed by atoms with van der Waals surface area (Å²) in [5, 5.41) is 2.88. The van der Waals surface area contributed by atoms with Gasteiger partial charge in [-0.2, -0.15) is 8.42 Å². The summed E-state index contributed by atoms with van der Waals surface area (Å²) >= 11 is 0. The van der Waals surface area contributed by atoms with Crippen LogP contribution in [-0.4, -0.2) is 24.9 Å². The minimum atomic E-state index is -4.32. The maximum atomic E-state index is 11.1. The maximum Gasteiger partial charge on any atom is 0.268 e. The van der Waals surface area contributed by atoms with E-state index in [9.17, 15) is 13.3 Å². The molecule has 0 fully saturated rings. The highest BCUT2D eigenvalue weighted by Crippen LogP contribution is 2.21. The van der Waals surface area contributed by atoms with Gasteiger partial charge in [0, 0.05) is 12.2 Å². The first-order valence-corrected chi connectivity index (χ1v) is 8.24. The second kappa shape index (κ2) is 7.15. The van der Waals surface area contributed by atoms with Crippen molar-refractivity contribution < 1.29 is 13.0 Å². The predicted octanol–water partition coefficient (Wildman–Crippen LogP) is 2.67. The van der Waals surface area contributed by atoms with Crippen LogP contribution in [0.5, 0.6) is 0 Å². The Balaban J connectivity index is 2.34. The fourth-order valence-corrected chi connectivity index (χ4v) is 2.75. The van der Waals surface area contributed by atoms with Gasteiger partial charge < -0.3 is 4.90 Å². The van der Waals surface area contributed by atoms with Gasteiger partial charge >= 0.3 is 0 Å². The van der Waals surface area contributed by atoms with E-state index in [0.717, 1.165) is 5.56 Å². The summed E-state index contributed by atoms with van der Waals surface area (Å²) in [7, 11) is -4.32. The number of hydrogen-bond acceptors (Lipinski definition) is 5. The molecule has 0 radical (unpaired) electrons. The van der Waals surface area contributed by atoms with E-state index in [2.05, 4.69) is 5.18 Å². The van der Waals surface area contributed by atoms with Crippen LogP contribution in [0, 0.1) is 4.91 Å². The van der Waals surface area contributed by atoms with Crippen LogP contribution >= 0.6 is 0 Å². The Morgan fingerprint density at radius 3 is 2.05 bits per heavy atom. The fraction of sp³-hybridized carbons (Fsp3) is 0.200. The van der Waals surface area contributed by atoms with Gasteiger partial charge in [0.25, 0.3) is 10.1 Å². The molecule has 2 aromatic carbocycles. The highest BCUT2D eigenvalue weighted by atomic mass is 32.2. The van der Waals surface area contributed by atoms with E-state index >= 15 is 0 Å². The minimum absolute atomic E-state index is 0.302. The van der Waals surface area contributed by atoms with E-state index in [1.165, 1.54) is 0 Å². The molecule has 0 aliphatic carbocycles. The molecule has 0 aliphatic heterocycles. The van der Waals surface area contributed by atoms with Crippen molar-refractivity contribution in [1.29, 1.82) is 0 Å². The van der Waals surface area contributed by atoms with E-state index in [1.54, 1.807) is 29.2 Å². The van der Waals surface area contributed by atoms with Crippen molar-refractivity contribution in [2.75, 3.05) is 10.7 Å². The lowest BCUT2D eigenvalue weighted by Gasteiger charge is -2.28. The van der Waals surface area contributed by atoms with Crippen LogP contribution < -0.4 is 4.90 Å². The fourth-order valence-electron chi connectivity index (χ4n) is 2.13. The molecule has 0 aliphatic rings. The molecule has 0 saturated carbocycles. The third-order valence-electron chi connectivity index (χ3n) is 3.12. The van der Waals surface area contributed by atoms with Crippen molar-refractivity contribution in [3.05, 3.63) is 71.1 Å². The lowest BCUT2D eigenvalue weighted by molar-refractivity contribution is 0.474. The molecule has 0 spiro atoms. The van der Waals surface area contributed by atoms with E-state index < -0.39 is 22.0 Å². The summed E-state index contributed by atoms with van der Waals surface area (Å²) in [6, 6.07) is 18.2. The number of nitrogens with zero attached hydrogens (tertiary/aromatic N) is 2. The van der Waals surface area contributed by atoms with Gasteiger partial charge in [0.2, 0.25) is 0 Å². The molecule has 0 heterocycles. The molecular formula is C15H16N2O4S. The lowest BCUT2D eigenvalue weighted by Crippen LogP contribution is -2.38. The van der Waals surface area contributed by atoms with Gasteiger partial charge in [0.1, 0.15) is 5.75 Å². The first-order valence-electron chi connectivity index (χ1n) is 6.63. The molecule has 6 nitrogen and oxygen atoms in total. The van der Waals surface area contributed by atoms with Crippen molar-refractivity contribution in [3.8, 4) is 0 Å². The van der Waals surface area contributed by atoms with Crippen molar-refractivity contribution in [3.63, 3.8) is 0 Å². The molecule has 2 aromatic rings. The van der Waals surface area contributed by atoms with Crippen LogP contribution in [0.1, 0.15) is 5.56 Å². The molecule has 0 aromatic heterocycles.